The van der Waals surface area contributed by atoms with Crippen molar-refractivity contribution in [2.45, 2.75) is 44.2 Å². The molecule has 0 aliphatic heterocycles. The molecule has 0 fully saturated rings. The Kier molecular flexibility index (Phi) is 13.6. The summed E-state index contributed by atoms with van der Waals surface area (Å²) >= 11 is 0. The number of sulfonamides is 1. The van der Waals surface area contributed by atoms with E-state index in [4.69, 9.17) is 25.8 Å². The molecule has 41 heavy (non-hydrogen) atoms. The minimum atomic E-state index is -5.08. The van der Waals surface area contributed by atoms with E-state index in [0.29, 0.717) is 36.8 Å². The van der Waals surface area contributed by atoms with Crippen LogP contribution in [0.1, 0.15) is 29.5 Å². The van der Waals surface area contributed by atoms with Gasteiger partial charge in [0.2, 0.25) is 15.9 Å². The number of carbonyl (C=O) groups is 3. The molecule has 7 N–H and O–H groups in total. The Labute approximate surface area is 235 Å². The number of carboxylic acids is 1. The number of guanidine groups is 1. The van der Waals surface area contributed by atoms with Gasteiger partial charge in [-0.3, -0.25) is 14.9 Å². The van der Waals surface area contributed by atoms with Crippen molar-refractivity contribution < 1.29 is 45.8 Å². The molecule has 12 nitrogen and oxygen atoms in total. The molecular weight excluding hydrogens is 571 g/mol. The van der Waals surface area contributed by atoms with Crippen molar-refractivity contribution >= 4 is 39.8 Å². The van der Waals surface area contributed by atoms with Crippen LogP contribution in [0.5, 0.6) is 5.75 Å². The maximum Gasteiger partial charge on any atom is 0.490 e. The molecule has 1 amide bonds. The highest BCUT2D eigenvalue weighted by Gasteiger charge is 2.38. The van der Waals surface area contributed by atoms with Gasteiger partial charge >= 0.3 is 12.1 Å². The summed E-state index contributed by atoms with van der Waals surface area (Å²) in [5.41, 5.74) is 7.34. The zero-order valence-electron chi connectivity index (χ0n) is 22.2. The minimum absolute atomic E-state index is 0.0979. The predicted molar refractivity (Wildman–Crippen MR) is 145 cm³/mol. The molecule has 2 aromatic carbocycles. The van der Waals surface area contributed by atoms with Gasteiger partial charge in [-0.05, 0) is 37.0 Å². The summed E-state index contributed by atoms with van der Waals surface area (Å²) in [6.07, 6.45) is -3.61. The van der Waals surface area contributed by atoms with Crippen LogP contribution in [-0.4, -0.2) is 63.5 Å². The van der Waals surface area contributed by atoms with Crippen LogP contribution >= 0.6 is 0 Å². The Hall–Kier alpha value is -4.34. The molecule has 0 unspecified atom stereocenters. The van der Waals surface area contributed by atoms with Gasteiger partial charge in [-0.15, -0.1) is 0 Å². The second-order valence-corrected chi connectivity index (χ2v) is 10.3. The van der Waals surface area contributed by atoms with Crippen molar-refractivity contribution in [3.8, 4) is 5.75 Å². The van der Waals surface area contributed by atoms with Crippen LogP contribution in [0, 0.1) is 12.3 Å². The van der Waals surface area contributed by atoms with E-state index in [1.54, 1.807) is 43.3 Å². The lowest BCUT2D eigenvalue weighted by molar-refractivity contribution is -0.192. The number of aliphatic carboxylic acids is 1. The average molecular weight is 604 g/mol. The first kappa shape index (κ1) is 34.7. The summed E-state index contributed by atoms with van der Waals surface area (Å²) in [6, 6.07) is 11.4. The molecule has 0 saturated carbocycles. The average Bonchev–Trinajstić information content (AvgIpc) is 2.87. The number of amides is 1. The second-order valence-electron chi connectivity index (χ2n) is 8.56. The van der Waals surface area contributed by atoms with Crippen molar-refractivity contribution in [1.29, 1.82) is 5.41 Å². The number of nitrogens with two attached hydrogens (primary N) is 1. The lowest BCUT2D eigenvalue weighted by Gasteiger charge is -2.18. The van der Waals surface area contributed by atoms with Gasteiger partial charge in [-0.25, -0.2) is 13.2 Å². The van der Waals surface area contributed by atoms with Crippen LogP contribution in [0.3, 0.4) is 0 Å². The molecule has 0 aliphatic carbocycles. The molecule has 2 rings (SSSR count). The summed E-state index contributed by atoms with van der Waals surface area (Å²) in [5.74, 6) is -3.27. The van der Waals surface area contributed by atoms with Gasteiger partial charge in [-0.2, -0.15) is 13.2 Å². The highest BCUT2D eigenvalue weighted by molar-refractivity contribution is 7.91. The first-order valence-corrected chi connectivity index (χ1v) is 13.6. The second kappa shape index (κ2) is 16.1. The van der Waals surface area contributed by atoms with E-state index in [9.17, 15) is 31.2 Å². The Balaban J connectivity index is 0.00000106. The molecule has 0 heterocycles. The number of nitrogens with one attached hydrogen (secondary N) is 4. The van der Waals surface area contributed by atoms with Crippen molar-refractivity contribution in [3.63, 3.8) is 0 Å². The standard InChI is InChI=1S/C23H31N5O5S.C2HF3O2/c1-16-10-11-20(28-34(31,32)15-17-7-4-3-5-8-17)22(33-2)19(16)13-21(30)27-18(14-29)9-6-12-26-23(24)25;3-2(4,5)1(6)7/h3-5,7-8,10-11,14,18,28H,6,9,12-13,15H2,1-2H3,(H,27,30)(H4,24,25,26);(H,6,7)/t18-;/m0./s1. The third-order valence-electron chi connectivity index (χ3n) is 5.26. The van der Waals surface area contributed by atoms with E-state index in [-0.39, 0.29) is 29.6 Å². The zero-order chi connectivity index (χ0) is 31.2. The number of halogens is 3. The van der Waals surface area contributed by atoms with Crippen LogP contribution in [0.15, 0.2) is 42.5 Å². The molecule has 16 heteroatoms. The largest absolute Gasteiger partial charge is 0.494 e. The Morgan fingerprint density at radius 1 is 1.17 bits per heavy atom. The maximum absolute atomic E-state index is 12.7. The summed E-state index contributed by atoms with van der Waals surface area (Å²) in [4.78, 5) is 32.9. The van der Waals surface area contributed by atoms with Gasteiger partial charge in [0.1, 0.15) is 12.0 Å². The van der Waals surface area contributed by atoms with E-state index in [2.05, 4.69) is 15.4 Å². The molecule has 1 atom stereocenters. The predicted octanol–water partition coefficient (Wildman–Crippen LogP) is 2.07. The molecule has 0 aromatic heterocycles. The number of methoxy groups -OCH3 is 1. The number of anilines is 1. The third kappa shape index (κ3) is 13.0. The van der Waals surface area contributed by atoms with Crippen LogP contribution in [0.4, 0.5) is 18.9 Å². The summed E-state index contributed by atoms with van der Waals surface area (Å²) < 4.78 is 65.1. The number of alkyl halides is 3. The smallest absolute Gasteiger partial charge is 0.490 e. The summed E-state index contributed by atoms with van der Waals surface area (Å²) in [6.45, 7) is 2.20. The minimum Gasteiger partial charge on any atom is -0.494 e. The van der Waals surface area contributed by atoms with Crippen molar-refractivity contribution in [1.82, 2.24) is 10.6 Å². The fraction of sp³-hybridized carbons (Fsp3) is 0.360. The number of hydrogen-bond donors (Lipinski definition) is 6. The van der Waals surface area contributed by atoms with E-state index >= 15 is 0 Å². The molecular formula is C25H32F3N5O7S. The number of ether oxygens (including phenoxy) is 1. The van der Waals surface area contributed by atoms with Gasteiger partial charge in [0.15, 0.2) is 5.96 Å². The van der Waals surface area contributed by atoms with E-state index in [0.717, 1.165) is 5.56 Å². The number of aryl methyl sites for hydroxylation is 1. The normalized spacial score (nSPS) is 11.7. The van der Waals surface area contributed by atoms with Gasteiger partial charge < -0.3 is 31.0 Å². The van der Waals surface area contributed by atoms with Gasteiger partial charge in [0, 0.05) is 12.1 Å². The molecule has 226 valence electrons. The molecule has 2 aromatic rings. The lowest BCUT2D eigenvalue weighted by Crippen LogP contribution is -2.38. The lowest BCUT2D eigenvalue weighted by atomic mass is 10.0. The van der Waals surface area contributed by atoms with Crippen LogP contribution in [0.2, 0.25) is 0 Å². The van der Waals surface area contributed by atoms with E-state index in [1.165, 1.54) is 7.11 Å². The number of rotatable bonds is 13. The molecule has 0 bridgehead atoms. The van der Waals surface area contributed by atoms with E-state index in [1.807, 2.05) is 6.07 Å². The zero-order valence-corrected chi connectivity index (χ0v) is 23.1. The van der Waals surface area contributed by atoms with Crippen molar-refractivity contribution in [3.05, 3.63) is 59.2 Å². The fourth-order valence-corrected chi connectivity index (χ4v) is 4.59. The summed E-state index contributed by atoms with van der Waals surface area (Å²) in [7, 11) is -2.32. The van der Waals surface area contributed by atoms with Gasteiger partial charge in [0.25, 0.3) is 0 Å². The topological polar surface area (TPSA) is 201 Å². The molecule has 0 spiro atoms. The first-order valence-electron chi connectivity index (χ1n) is 11.9. The SMILES string of the molecule is COc1c(NS(=O)(=O)Cc2ccccc2)ccc(C)c1CC(=O)N[C@H](C=O)CCCNC(=N)N.O=C(O)C(F)(F)F. The molecule has 0 aliphatic rings. The van der Waals surface area contributed by atoms with E-state index < -0.39 is 34.1 Å². The molecule has 0 saturated heterocycles. The number of hydrogen-bond acceptors (Lipinski definition) is 7. The Morgan fingerprint density at radius 2 is 1.78 bits per heavy atom. The van der Waals surface area contributed by atoms with Gasteiger partial charge in [0.05, 0.1) is 31.0 Å². The monoisotopic (exact) mass is 603 g/mol. The number of carboxylic acid groups (broad SMARTS) is 1. The highest BCUT2D eigenvalue weighted by atomic mass is 32.2. The van der Waals surface area contributed by atoms with Crippen molar-refractivity contribution in [2.75, 3.05) is 18.4 Å². The third-order valence-corrected chi connectivity index (χ3v) is 6.51. The quantitative estimate of drug-likeness (QED) is 0.0858. The van der Waals surface area contributed by atoms with Crippen LogP contribution in [-0.2, 0) is 36.6 Å². The summed E-state index contributed by atoms with van der Waals surface area (Å²) in [5, 5.41) is 19.6. The number of benzene rings is 2. The van der Waals surface area contributed by atoms with Crippen LogP contribution in [0.25, 0.3) is 0 Å². The maximum atomic E-state index is 12.7. The first-order chi connectivity index (χ1) is 19.1. The van der Waals surface area contributed by atoms with Crippen molar-refractivity contribution in [2.24, 2.45) is 5.73 Å². The van der Waals surface area contributed by atoms with Gasteiger partial charge in [-0.1, -0.05) is 36.4 Å². The molecule has 0 radical (unpaired) electrons. The fourth-order valence-electron chi connectivity index (χ4n) is 3.39. The Morgan fingerprint density at radius 3 is 2.29 bits per heavy atom. The Bertz CT molecular complexity index is 1310. The number of aldehydes is 1. The van der Waals surface area contributed by atoms with Crippen LogP contribution < -0.4 is 25.8 Å². The highest BCUT2D eigenvalue weighted by Crippen LogP contribution is 2.33. The number of carbonyl (C=O) groups excluding carboxylic acids is 2.